The van der Waals surface area contributed by atoms with Crippen LogP contribution in [0.4, 0.5) is 0 Å². The van der Waals surface area contributed by atoms with Crippen LogP contribution in [0.15, 0.2) is 24.3 Å². The number of carboxylic acid groups (broad SMARTS) is 1. The standard InChI is InChI=1S/C15H20O3/c1-2-5-13(15(17)18)14(16)12-7-4-3-6-11(12)10-8-9-10/h3-4,6-7,10,13-14,16H,2,5,8-9H2,1H3,(H,17,18). The molecule has 1 aromatic rings. The molecule has 2 rings (SSSR count). The molecular weight excluding hydrogens is 228 g/mol. The van der Waals surface area contributed by atoms with Crippen LogP contribution < -0.4 is 0 Å². The van der Waals surface area contributed by atoms with Gasteiger partial charge in [0.1, 0.15) is 0 Å². The van der Waals surface area contributed by atoms with Gasteiger partial charge >= 0.3 is 5.97 Å². The Morgan fingerprint density at radius 3 is 2.61 bits per heavy atom. The molecule has 2 N–H and O–H groups in total. The molecule has 2 atom stereocenters. The van der Waals surface area contributed by atoms with Crippen molar-refractivity contribution in [2.75, 3.05) is 0 Å². The minimum Gasteiger partial charge on any atom is -0.481 e. The first-order valence-electron chi connectivity index (χ1n) is 6.64. The average molecular weight is 248 g/mol. The van der Waals surface area contributed by atoms with Crippen molar-refractivity contribution in [1.82, 2.24) is 0 Å². The lowest BCUT2D eigenvalue weighted by Crippen LogP contribution is -2.22. The van der Waals surface area contributed by atoms with Crippen LogP contribution in [0.1, 0.15) is 55.8 Å². The van der Waals surface area contributed by atoms with E-state index < -0.39 is 18.0 Å². The SMILES string of the molecule is CCCC(C(=O)O)C(O)c1ccccc1C1CC1. The molecule has 0 bridgehead atoms. The van der Waals surface area contributed by atoms with Crippen molar-refractivity contribution in [2.45, 2.75) is 44.6 Å². The number of benzene rings is 1. The normalized spacial score (nSPS) is 18.3. The van der Waals surface area contributed by atoms with Crippen LogP contribution in [0.2, 0.25) is 0 Å². The van der Waals surface area contributed by atoms with Crippen LogP contribution in [-0.4, -0.2) is 16.2 Å². The topological polar surface area (TPSA) is 57.5 Å². The highest BCUT2D eigenvalue weighted by Gasteiger charge is 2.32. The second kappa shape index (κ2) is 5.53. The first kappa shape index (κ1) is 13.1. The van der Waals surface area contributed by atoms with Crippen molar-refractivity contribution >= 4 is 5.97 Å². The third kappa shape index (κ3) is 2.72. The zero-order valence-electron chi connectivity index (χ0n) is 10.7. The predicted molar refractivity (Wildman–Crippen MR) is 69.4 cm³/mol. The summed E-state index contributed by atoms with van der Waals surface area (Å²) in [5.41, 5.74) is 1.94. The van der Waals surface area contributed by atoms with E-state index in [2.05, 4.69) is 0 Å². The van der Waals surface area contributed by atoms with Crippen molar-refractivity contribution in [3.05, 3.63) is 35.4 Å². The molecule has 0 amide bonds. The quantitative estimate of drug-likeness (QED) is 0.813. The highest BCUT2D eigenvalue weighted by Crippen LogP contribution is 2.44. The van der Waals surface area contributed by atoms with Crippen LogP contribution >= 0.6 is 0 Å². The zero-order chi connectivity index (χ0) is 13.1. The Labute approximate surface area is 107 Å². The Hall–Kier alpha value is -1.35. The van der Waals surface area contributed by atoms with Crippen LogP contribution in [0.5, 0.6) is 0 Å². The van der Waals surface area contributed by atoms with Gasteiger partial charge in [0.25, 0.3) is 0 Å². The Morgan fingerprint density at radius 2 is 2.06 bits per heavy atom. The van der Waals surface area contributed by atoms with Gasteiger partial charge in [-0.3, -0.25) is 4.79 Å². The number of rotatable bonds is 6. The van der Waals surface area contributed by atoms with E-state index in [0.29, 0.717) is 12.3 Å². The summed E-state index contributed by atoms with van der Waals surface area (Å²) in [7, 11) is 0. The Morgan fingerprint density at radius 1 is 1.39 bits per heavy atom. The summed E-state index contributed by atoms with van der Waals surface area (Å²) in [6.07, 6.45) is 2.68. The molecule has 18 heavy (non-hydrogen) atoms. The van der Waals surface area contributed by atoms with Gasteiger partial charge in [-0.2, -0.15) is 0 Å². The van der Waals surface area contributed by atoms with Gasteiger partial charge in [-0.05, 0) is 36.3 Å². The van der Waals surface area contributed by atoms with E-state index in [1.54, 1.807) is 0 Å². The first-order chi connectivity index (χ1) is 8.65. The van der Waals surface area contributed by atoms with Crippen molar-refractivity contribution in [3.8, 4) is 0 Å². The molecule has 0 heterocycles. The highest BCUT2D eigenvalue weighted by molar-refractivity contribution is 5.71. The predicted octanol–water partition coefficient (Wildman–Crippen LogP) is 3.10. The van der Waals surface area contributed by atoms with Gasteiger partial charge in [-0.15, -0.1) is 0 Å². The molecule has 0 radical (unpaired) electrons. The summed E-state index contributed by atoms with van der Waals surface area (Å²) in [4.78, 5) is 11.2. The summed E-state index contributed by atoms with van der Waals surface area (Å²) in [6, 6.07) is 7.71. The molecule has 1 fully saturated rings. The molecule has 1 aliphatic rings. The average Bonchev–Trinajstić information content (AvgIpc) is 3.19. The fourth-order valence-electron chi connectivity index (χ4n) is 2.49. The molecule has 0 spiro atoms. The molecular formula is C15H20O3. The number of carbonyl (C=O) groups is 1. The van der Waals surface area contributed by atoms with Gasteiger partial charge in [0, 0.05) is 0 Å². The summed E-state index contributed by atoms with van der Waals surface area (Å²) in [6.45, 7) is 1.94. The lowest BCUT2D eigenvalue weighted by molar-refractivity contribution is -0.146. The molecule has 0 aliphatic heterocycles. The summed E-state index contributed by atoms with van der Waals surface area (Å²) in [5, 5.41) is 19.6. The number of aliphatic hydroxyl groups is 1. The van der Waals surface area contributed by atoms with Gasteiger partial charge in [-0.25, -0.2) is 0 Å². The van der Waals surface area contributed by atoms with Gasteiger partial charge in [0.15, 0.2) is 0 Å². The van der Waals surface area contributed by atoms with E-state index in [4.69, 9.17) is 0 Å². The molecule has 1 aromatic carbocycles. The van der Waals surface area contributed by atoms with E-state index in [1.807, 2.05) is 31.2 Å². The van der Waals surface area contributed by atoms with Crippen molar-refractivity contribution < 1.29 is 15.0 Å². The molecule has 0 aromatic heterocycles. The second-order valence-electron chi connectivity index (χ2n) is 5.08. The van der Waals surface area contributed by atoms with Crippen LogP contribution in [0, 0.1) is 5.92 Å². The fourth-order valence-corrected chi connectivity index (χ4v) is 2.49. The van der Waals surface area contributed by atoms with E-state index in [9.17, 15) is 15.0 Å². The molecule has 0 saturated heterocycles. The van der Waals surface area contributed by atoms with E-state index in [-0.39, 0.29) is 0 Å². The maximum atomic E-state index is 11.2. The zero-order valence-corrected chi connectivity index (χ0v) is 10.7. The molecule has 98 valence electrons. The lowest BCUT2D eigenvalue weighted by Gasteiger charge is -2.21. The number of aliphatic hydroxyl groups excluding tert-OH is 1. The van der Waals surface area contributed by atoms with Gasteiger partial charge in [0.05, 0.1) is 12.0 Å². The maximum Gasteiger partial charge on any atom is 0.309 e. The Kier molecular flexibility index (Phi) is 4.02. The number of hydrogen-bond donors (Lipinski definition) is 2. The number of carboxylic acids is 1. The maximum absolute atomic E-state index is 11.2. The van der Waals surface area contributed by atoms with E-state index in [1.165, 1.54) is 0 Å². The van der Waals surface area contributed by atoms with Crippen molar-refractivity contribution in [2.24, 2.45) is 5.92 Å². The molecule has 1 aliphatic carbocycles. The molecule has 1 saturated carbocycles. The van der Waals surface area contributed by atoms with Gasteiger partial charge in [0.2, 0.25) is 0 Å². The minimum atomic E-state index is -0.907. The van der Waals surface area contributed by atoms with Gasteiger partial charge in [-0.1, -0.05) is 37.6 Å². The van der Waals surface area contributed by atoms with Gasteiger partial charge < -0.3 is 10.2 Å². The van der Waals surface area contributed by atoms with Crippen LogP contribution in [-0.2, 0) is 4.79 Å². The van der Waals surface area contributed by atoms with Crippen LogP contribution in [0.3, 0.4) is 0 Å². The number of aliphatic carboxylic acids is 1. The Balaban J connectivity index is 2.25. The fraction of sp³-hybridized carbons (Fsp3) is 0.533. The second-order valence-corrected chi connectivity index (χ2v) is 5.08. The third-order valence-electron chi connectivity index (χ3n) is 3.63. The molecule has 2 unspecified atom stereocenters. The van der Waals surface area contributed by atoms with Crippen LogP contribution in [0.25, 0.3) is 0 Å². The first-order valence-corrected chi connectivity index (χ1v) is 6.64. The highest BCUT2D eigenvalue weighted by atomic mass is 16.4. The monoisotopic (exact) mass is 248 g/mol. The van der Waals surface area contributed by atoms with Crippen molar-refractivity contribution in [3.63, 3.8) is 0 Å². The largest absolute Gasteiger partial charge is 0.481 e. The summed E-state index contributed by atoms with van der Waals surface area (Å²) >= 11 is 0. The van der Waals surface area contributed by atoms with Crippen molar-refractivity contribution in [1.29, 1.82) is 0 Å². The smallest absolute Gasteiger partial charge is 0.309 e. The summed E-state index contributed by atoms with van der Waals surface area (Å²) < 4.78 is 0. The third-order valence-corrected chi connectivity index (χ3v) is 3.63. The minimum absolute atomic E-state index is 0.509. The summed E-state index contributed by atoms with van der Waals surface area (Å²) in [5.74, 6) is -1.09. The lowest BCUT2D eigenvalue weighted by atomic mass is 9.88. The molecule has 3 nitrogen and oxygen atoms in total. The van der Waals surface area contributed by atoms with E-state index in [0.717, 1.165) is 30.4 Å². The number of hydrogen-bond acceptors (Lipinski definition) is 2. The Bertz CT molecular complexity index is 424. The molecule has 3 heteroatoms. The van der Waals surface area contributed by atoms with E-state index >= 15 is 0 Å².